The molecule has 3 rings (SSSR count). The molecule has 0 spiro atoms. The average molecular weight is 242 g/mol. The van der Waals surface area contributed by atoms with Crippen molar-refractivity contribution >= 4 is 17.4 Å². The highest BCUT2D eigenvalue weighted by Gasteiger charge is 2.25. The van der Waals surface area contributed by atoms with Crippen LogP contribution in [0.25, 0.3) is 0 Å². The Labute approximate surface area is 105 Å². The number of nitrogens with zero attached hydrogens (tertiary/aromatic N) is 1. The van der Waals surface area contributed by atoms with Gasteiger partial charge in [-0.3, -0.25) is 4.98 Å². The van der Waals surface area contributed by atoms with E-state index in [1.54, 1.807) is 12.4 Å². The summed E-state index contributed by atoms with van der Waals surface area (Å²) in [6.45, 7) is 0. The first-order valence-corrected chi connectivity index (χ1v) is 6.73. The van der Waals surface area contributed by atoms with Gasteiger partial charge in [-0.15, -0.1) is 11.8 Å². The van der Waals surface area contributed by atoms with E-state index < -0.39 is 0 Å². The van der Waals surface area contributed by atoms with E-state index >= 15 is 0 Å². The van der Waals surface area contributed by atoms with Crippen LogP contribution >= 0.6 is 11.8 Å². The topological polar surface area (TPSA) is 38.9 Å². The maximum atomic E-state index is 5.88. The molecule has 0 saturated heterocycles. The second-order valence-electron chi connectivity index (χ2n) is 4.32. The smallest absolute Gasteiger partial charge is 0.0638 e. The molecular formula is C14H14N2S. The summed E-state index contributed by atoms with van der Waals surface area (Å²) in [5, 5.41) is 0. The summed E-state index contributed by atoms with van der Waals surface area (Å²) in [4.78, 5) is 5.15. The molecule has 0 fully saturated rings. The van der Waals surface area contributed by atoms with E-state index in [2.05, 4.69) is 29.2 Å². The lowest BCUT2D eigenvalue weighted by Crippen LogP contribution is -2.18. The predicted molar refractivity (Wildman–Crippen MR) is 72.3 cm³/mol. The lowest BCUT2D eigenvalue weighted by atomic mass is 9.79. The second kappa shape index (κ2) is 4.41. The minimum atomic E-state index is 0.684. The maximum absolute atomic E-state index is 5.88. The van der Waals surface area contributed by atoms with Crippen molar-refractivity contribution < 1.29 is 0 Å². The second-order valence-corrected chi connectivity index (χ2v) is 5.39. The minimum Gasteiger partial charge on any atom is -0.397 e. The number of fused-ring (bicyclic) bond motifs is 1. The van der Waals surface area contributed by atoms with Crippen LogP contribution in [0.4, 0.5) is 5.69 Å². The van der Waals surface area contributed by atoms with Crippen molar-refractivity contribution in [2.45, 2.75) is 17.2 Å². The molecule has 17 heavy (non-hydrogen) atoms. The Morgan fingerprint density at radius 2 is 2.18 bits per heavy atom. The van der Waals surface area contributed by atoms with Crippen LogP contribution in [0, 0.1) is 0 Å². The number of rotatable bonds is 3. The zero-order valence-electron chi connectivity index (χ0n) is 9.47. The van der Waals surface area contributed by atoms with Crippen LogP contribution in [0.1, 0.15) is 17.0 Å². The highest BCUT2D eigenvalue weighted by Crippen LogP contribution is 2.39. The monoisotopic (exact) mass is 242 g/mol. The fourth-order valence-electron chi connectivity index (χ4n) is 2.23. The molecule has 1 aliphatic carbocycles. The Kier molecular flexibility index (Phi) is 2.77. The lowest BCUT2D eigenvalue weighted by Gasteiger charge is -2.29. The van der Waals surface area contributed by atoms with Gasteiger partial charge < -0.3 is 5.73 Å². The van der Waals surface area contributed by atoms with Crippen LogP contribution in [-0.4, -0.2) is 10.7 Å². The van der Waals surface area contributed by atoms with Crippen LogP contribution < -0.4 is 5.73 Å². The van der Waals surface area contributed by atoms with Crippen molar-refractivity contribution in [1.29, 1.82) is 0 Å². The van der Waals surface area contributed by atoms with Gasteiger partial charge in [0.25, 0.3) is 0 Å². The Bertz CT molecular complexity index is 539. The van der Waals surface area contributed by atoms with Crippen molar-refractivity contribution in [2.24, 2.45) is 0 Å². The van der Waals surface area contributed by atoms with Crippen LogP contribution in [0.2, 0.25) is 0 Å². The Morgan fingerprint density at radius 3 is 3.00 bits per heavy atom. The summed E-state index contributed by atoms with van der Waals surface area (Å²) < 4.78 is 0. The quantitative estimate of drug-likeness (QED) is 0.841. The summed E-state index contributed by atoms with van der Waals surface area (Å²) in [5.41, 5.74) is 9.67. The van der Waals surface area contributed by atoms with Gasteiger partial charge >= 0.3 is 0 Å². The summed E-state index contributed by atoms with van der Waals surface area (Å²) in [6, 6.07) is 10.7. The highest BCUT2D eigenvalue weighted by molar-refractivity contribution is 7.99. The van der Waals surface area contributed by atoms with Gasteiger partial charge in [0.05, 0.1) is 11.9 Å². The molecule has 1 aliphatic rings. The molecular weight excluding hydrogens is 228 g/mol. The standard InChI is InChI=1S/C14H14N2S/c15-13-8-16-6-5-14(13)17-9-11-7-10-3-1-2-4-12(10)11/h1-6,8,11H,7,9,15H2. The molecule has 1 aromatic carbocycles. The van der Waals surface area contributed by atoms with Crippen molar-refractivity contribution in [3.05, 3.63) is 53.9 Å². The molecule has 0 bridgehead atoms. The number of pyridine rings is 1. The molecule has 3 heteroatoms. The zero-order valence-corrected chi connectivity index (χ0v) is 10.3. The number of anilines is 1. The van der Waals surface area contributed by atoms with Gasteiger partial charge in [0.1, 0.15) is 0 Å². The van der Waals surface area contributed by atoms with Gasteiger partial charge in [0.2, 0.25) is 0 Å². The molecule has 0 saturated carbocycles. The van der Waals surface area contributed by atoms with Gasteiger partial charge in [0, 0.05) is 16.8 Å². The van der Waals surface area contributed by atoms with Gasteiger partial charge in [-0.25, -0.2) is 0 Å². The SMILES string of the molecule is Nc1cnccc1SCC1Cc2ccccc21. The molecule has 2 N–H and O–H groups in total. The summed E-state index contributed by atoms with van der Waals surface area (Å²) in [7, 11) is 0. The van der Waals surface area contributed by atoms with Crippen molar-refractivity contribution in [3.8, 4) is 0 Å². The van der Waals surface area contributed by atoms with Gasteiger partial charge in [0.15, 0.2) is 0 Å². The molecule has 2 aromatic rings. The number of nitrogens with two attached hydrogens (primary N) is 1. The van der Waals surface area contributed by atoms with Crippen LogP contribution in [-0.2, 0) is 6.42 Å². The first-order chi connectivity index (χ1) is 8.34. The van der Waals surface area contributed by atoms with E-state index in [1.165, 1.54) is 17.5 Å². The Hall–Kier alpha value is -1.48. The third-order valence-electron chi connectivity index (χ3n) is 3.21. The first-order valence-electron chi connectivity index (χ1n) is 5.74. The van der Waals surface area contributed by atoms with E-state index in [9.17, 15) is 0 Å². The van der Waals surface area contributed by atoms with Crippen molar-refractivity contribution in [2.75, 3.05) is 11.5 Å². The molecule has 1 heterocycles. The zero-order chi connectivity index (χ0) is 11.7. The summed E-state index contributed by atoms with van der Waals surface area (Å²) in [6.07, 6.45) is 4.72. The van der Waals surface area contributed by atoms with E-state index in [-0.39, 0.29) is 0 Å². The molecule has 1 aromatic heterocycles. The molecule has 0 aliphatic heterocycles. The highest BCUT2D eigenvalue weighted by atomic mass is 32.2. The number of benzene rings is 1. The average Bonchev–Trinajstić information content (AvgIpc) is 2.32. The van der Waals surface area contributed by atoms with Gasteiger partial charge in [-0.1, -0.05) is 24.3 Å². The number of hydrogen-bond donors (Lipinski definition) is 1. The van der Waals surface area contributed by atoms with E-state index in [0.717, 1.165) is 16.3 Å². The fourth-order valence-corrected chi connectivity index (χ4v) is 3.28. The van der Waals surface area contributed by atoms with E-state index in [4.69, 9.17) is 5.73 Å². The van der Waals surface area contributed by atoms with Crippen molar-refractivity contribution in [1.82, 2.24) is 4.98 Å². The number of nitrogen functional groups attached to an aromatic ring is 1. The predicted octanol–water partition coefficient (Wildman–Crippen LogP) is 3.10. The molecule has 1 atom stereocenters. The van der Waals surface area contributed by atoms with Gasteiger partial charge in [-0.05, 0) is 29.5 Å². The molecule has 86 valence electrons. The minimum absolute atomic E-state index is 0.684. The summed E-state index contributed by atoms with van der Waals surface area (Å²) in [5.74, 6) is 1.79. The third kappa shape index (κ3) is 2.03. The van der Waals surface area contributed by atoms with Crippen LogP contribution in [0.5, 0.6) is 0 Å². The maximum Gasteiger partial charge on any atom is 0.0638 e. The molecule has 0 amide bonds. The van der Waals surface area contributed by atoms with Crippen molar-refractivity contribution in [3.63, 3.8) is 0 Å². The van der Waals surface area contributed by atoms with Gasteiger partial charge in [-0.2, -0.15) is 0 Å². The lowest BCUT2D eigenvalue weighted by molar-refractivity contribution is 0.677. The van der Waals surface area contributed by atoms with E-state index in [1.807, 2.05) is 17.8 Å². The molecule has 2 nitrogen and oxygen atoms in total. The largest absolute Gasteiger partial charge is 0.397 e. The van der Waals surface area contributed by atoms with Crippen LogP contribution in [0.15, 0.2) is 47.6 Å². The van der Waals surface area contributed by atoms with Crippen LogP contribution in [0.3, 0.4) is 0 Å². The number of thioether (sulfide) groups is 1. The third-order valence-corrected chi connectivity index (χ3v) is 4.46. The normalized spacial score (nSPS) is 17.3. The molecule has 0 radical (unpaired) electrons. The fraction of sp³-hybridized carbons (Fsp3) is 0.214. The van der Waals surface area contributed by atoms with E-state index in [0.29, 0.717) is 5.92 Å². The Balaban J connectivity index is 1.66. The Morgan fingerprint density at radius 1 is 1.29 bits per heavy atom. The number of hydrogen-bond acceptors (Lipinski definition) is 3. The number of aromatic nitrogens is 1. The molecule has 1 unspecified atom stereocenters. The first kappa shape index (κ1) is 10.7. The summed E-state index contributed by atoms with van der Waals surface area (Å²) >= 11 is 1.83.